The Morgan fingerprint density at radius 2 is 1.81 bits per heavy atom. The van der Waals surface area contributed by atoms with Gasteiger partial charge in [-0.3, -0.25) is 14.3 Å². The summed E-state index contributed by atoms with van der Waals surface area (Å²) in [6, 6.07) is 13.7. The van der Waals surface area contributed by atoms with Crippen molar-refractivity contribution in [2.75, 3.05) is 33.4 Å². The van der Waals surface area contributed by atoms with E-state index in [0.29, 0.717) is 55.7 Å². The first-order valence-electron chi connectivity index (χ1n) is 16.6. The Labute approximate surface area is 277 Å². The van der Waals surface area contributed by atoms with Crippen LogP contribution in [0.4, 0.5) is 0 Å². The SMILES string of the molecule is COc1ccc2c(c1)C=C(c1occc1C(=O)N1CCOCC1)Cn1c-2c(C2CCCCC2)c2ccc(C(=O)NS(=O)C(C)C)cc21. The molecule has 9 nitrogen and oxygen atoms in total. The van der Waals surface area contributed by atoms with Crippen LogP contribution in [0, 0.1) is 0 Å². The molecule has 3 aliphatic rings. The molecule has 2 fully saturated rings. The Morgan fingerprint density at radius 3 is 2.55 bits per heavy atom. The average Bonchev–Trinajstić information content (AvgIpc) is 3.67. The molecule has 2 amide bonds. The number of hydrogen-bond acceptors (Lipinski definition) is 6. The Kier molecular flexibility index (Phi) is 8.81. The molecule has 1 N–H and O–H groups in total. The van der Waals surface area contributed by atoms with Gasteiger partial charge in [0.15, 0.2) is 0 Å². The molecule has 1 unspecified atom stereocenters. The predicted octanol–water partition coefficient (Wildman–Crippen LogP) is 6.79. The number of amides is 2. The number of fused-ring (bicyclic) bond motifs is 5. The van der Waals surface area contributed by atoms with Crippen molar-refractivity contribution >= 4 is 45.4 Å². The summed E-state index contributed by atoms with van der Waals surface area (Å²) < 4.78 is 34.8. The fourth-order valence-electron chi connectivity index (χ4n) is 7.25. The van der Waals surface area contributed by atoms with E-state index in [4.69, 9.17) is 13.9 Å². The minimum atomic E-state index is -1.49. The van der Waals surface area contributed by atoms with Gasteiger partial charge in [-0.05, 0) is 86.2 Å². The highest BCUT2D eigenvalue weighted by atomic mass is 32.2. The number of carbonyl (C=O) groups is 2. The third-order valence-corrected chi connectivity index (χ3v) is 10.9. The average molecular weight is 656 g/mol. The van der Waals surface area contributed by atoms with E-state index in [1.54, 1.807) is 19.4 Å². The summed E-state index contributed by atoms with van der Waals surface area (Å²) in [6.07, 6.45) is 9.49. The van der Waals surface area contributed by atoms with Gasteiger partial charge in [-0.2, -0.15) is 0 Å². The Hall–Kier alpha value is -4.15. The molecule has 4 heterocycles. The van der Waals surface area contributed by atoms with Crippen LogP contribution in [0.15, 0.2) is 53.1 Å². The lowest BCUT2D eigenvalue weighted by atomic mass is 9.81. The zero-order chi connectivity index (χ0) is 32.7. The molecule has 0 spiro atoms. The minimum absolute atomic E-state index is 0.0781. The van der Waals surface area contributed by atoms with Gasteiger partial charge in [0.05, 0.1) is 44.4 Å². The predicted molar refractivity (Wildman–Crippen MR) is 184 cm³/mol. The zero-order valence-electron chi connectivity index (χ0n) is 27.2. The smallest absolute Gasteiger partial charge is 0.263 e. The van der Waals surface area contributed by atoms with Gasteiger partial charge in [0.25, 0.3) is 11.8 Å². The molecular weight excluding hydrogens is 614 g/mol. The van der Waals surface area contributed by atoms with Gasteiger partial charge in [0, 0.05) is 45.9 Å². The number of nitrogens with one attached hydrogen (secondary N) is 1. The van der Waals surface area contributed by atoms with Crippen LogP contribution in [-0.4, -0.2) is 64.2 Å². The van der Waals surface area contributed by atoms with Crippen LogP contribution in [0.3, 0.4) is 0 Å². The number of rotatable bonds is 7. The van der Waals surface area contributed by atoms with Gasteiger partial charge in [0.1, 0.15) is 22.5 Å². The normalized spacial score (nSPS) is 17.5. The van der Waals surface area contributed by atoms with Crippen LogP contribution in [0.5, 0.6) is 5.75 Å². The molecule has 0 bridgehead atoms. The summed E-state index contributed by atoms with van der Waals surface area (Å²) >= 11 is 0. The number of allylic oxidation sites excluding steroid dienone is 1. The van der Waals surface area contributed by atoms with Crippen LogP contribution in [0.1, 0.15) is 89.5 Å². The third kappa shape index (κ3) is 5.93. The molecule has 1 aliphatic carbocycles. The molecule has 1 saturated carbocycles. The monoisotopic (exact) mass is 655 g/mol. The van der Waals surface area contributed by atoms with Crippen molar-refractivity contribution in [3.63, 3.8) is 0 Å². The fourth-order valence-corrected chi connectivity index (χ4v) is 7.79. The lowest BCUT2D eigenvalue weighted by Gasteiger charge is -2.26. The Bertz CT molecular complexity index is 1890. The number of carbonyl (C=O) groups excluding carboxylic acids is 2. The van der Waals surface area contributed by atoms with Crippen molar-refractivity contribution in [3.05, 3.63) is 76.7 Å². The molecule has 2 aromatic heterocycles. The molecule has 4 aromatic rings. The van der Waals surface area contributed by atoms with Gasteiger partial charge < -0.3 is 23.4 Å². The van der Waals surface area contributed by atoms with Crippen molar-refractivity contribution in [1.82, 2.24) is 14.2 Å². The first kappa shape index (κ1) is 31.4. The number of hydrogen-bond donors (Lipinski definition) is 1. The third-order valence-electron chi connectivity index (χ3n) is 9.66. The highest BCUT2D eigenvalue weighted by molar-refractivity contribution is 7.84. The van der Waals surface area contributed by atoms with Crippen LogP contribution in [0.2, 0.25) is 0 Å². The topological polar surface area (TPSA) is 103 Å². The Morgan fingerprint density at radius 1 is 1.02 bits per heavy atom. The standard InChI is InChI=1S/C37H41N3O6S/c1-23(2)47(43)38-36(41)25-9-11-30-32(21-25)40-22-27(35-31(13-16-46-35)37(42)39-14-17-45-18-15-39)19-26-20-28(44-3)10-12-29(26)34(40)33(30)24-7-5-4-6-8-24/h9-13,16,19-21,23-24H,4-8,14-15,17-18,22H2,1-3H3,(H,38,41). The van der Waals surface area contributed by atoms with Crippen molar-refractivity contribution in [2.45, 2.75) is 63.7 Å². The first-order chi connectivity index (χ1) is 22.8. The summed E-state index contributed by atoms with van der Waals surface area (Å²) in [5, 5.41) is 0.912. The fraction of sp³-hybridized carbons (Fsp3) is 0.405. The molecule has 1 saturated heterocycles. The van der Waals surface area contributed by atoms with Crippen LogP contribution in [0.25, 0.3) is 33.8 Å². The van der Waals surface area contributed by atoms with Gasteiger partial charge >= 0.3 is 0 Å². The van der Waals surface area contributed by atoms with E-state index in [9.17, 15) is 13.8 Å². The molecule has 2 aliphatic heterocycles. The maximum atomic E-state index is 13.8. The summed E-state index contributed by atoms with van der Waals surface area (Å²) in [4.78, 5) is 28.9. The quantitative estimate of drug-likeness (QED) is 0.235. The summed E-state index contributed by atoms with van der Waals surface area (Å²) in [5.74, 6) is 1.20. The number of furan rings is 1. The van der Waals surface area contributed by atoms with E-state index < -0.39 is 11.0 Å². The van der Waals surface area contributed by atoms with Crippen LogP contribution >= 0.6 is 0 Å². The maximum Gasteiger partial charge on any atom is 0.263 e. The largest absolute Gasteiger partial charge is 0.497 e. The van der Waals surface area contributed by atoms with Gasteiger partial charge in [0.2, 0.25) is 0 Å². The summed E-state index contributed by atoms with van der Waals surface area (Å²) in [5.41, 5.74) is 7.20. The second-order valence-corrected chi connectivity index (χ2v) is 14.6. The molecule has 0 radical (unpaired) electrons. The van der Waals surface area contributed by atoms with Crippen LogP contribution in [-0.2, 0) is 22.3 Å². The second-order valence-electron chi connectivity index (χ2n) is 12.9. The van der Waals surface area contributed by atoms with E-state index in [2.05, 4.69) is 27.5 Å². The van der Waals surface area contributed by atoms with E-state index in [1.807, 2.05) is 43.0 Å². The van der Waals surface area contributed by atoms with Gasteiger partial charge in [-0.25, -0.2) is 4.21 Å². The van der Waals surface area contributed by atoms with Gasteiger partial charge in [-0.15, -0.1) is 0 Å². The van der Waals surface area contributed by atoms with Gasteiger partial charge in [-0.1, -0.05) is 25.3 Å². The molecule has 10 heteroatoms. The number of nitrogens with zero attached hydrogens (tertiary/aromatic N) is 2. The molecule has 47 heavy (non-hydrogen) atoms. The van der Waals surface area contributed by atoms with Crippen molar-refractivity contribution in [2.24, 2.45) is 0 Å². The van der Waals surface area contributed by atoms with E-state index in [0.717, 1.165) is 51.9 Å². The highest BCUT2D eigenvalue weighted by Gasteiger charge is 2.32. The number of morpholine rings is 1. The van der Waals surface area contributed by atoms with E-state index in [1.165, 1.54) is 24.8 Å². The zero-order valence-corrected chi connectivity index (χ0v) is 28.0. The summed E-state index contributed by atoms with van der Waals surface area (Å²) in [7, 11) is 0.173. The second kappa shape index (κ2) is 13.2. The number of benzene rings is 2. The van der Waals surface area contributed by atoms with Crippen molar-refractivity contribution < 1.29 is 27.7 Å². The van der Waals surface area contributed by atoms with Crippen LogP contribution < -0.4 is 9.46 Å². The van der Waals surface area contributed by atoms with E-state index >= 15 is 0 Å². The van der Waals surface area contributed by atoms with Crippen molar-refractivity contribution in [1.29, 1.82) is 0 Å². The molecular formula is C37H41N3O6S. The van der Waals surface area contributed by atoms with E-state index in [-0.39, 0.29) is 17.1 Å². The number of methoxy groups -OCH3 is 1. The summed E-state index contributed by atoms with van der Waals surface area (Å²) in [6.45, 7) is 6.15. The molecule has 1 atom stereocenters. The molecule has 246 valence electrons. The minimum Gasteiger partial charge on any atom is -0.497 e. The maximum absolute atomic E-state index is 13.8. The lowest BCUT2D eigenvalue weighted by Crippen LogP contribution is -2.40. The number of aromatic nitrogens is 1. The van der Waals surface area contributed by atoms with Crippen molar-refractivity contribution in [3.8, 4) is 17.0 Å². The lowest BCUT2D eigenvalue weighted by molar-refractivity contribution is 0.0302. The first-order valence-corrected chi connectivity index (χ1v) is 17.8. The number of ether oxygens (including phenoxy) is 2. The highest BCUT2D eigenvalue weighted by Crippen LogP contribution is 2.48. The molecule has 2 aromatic carbocycles. The molecule has 7 rings (SSSR count). The Balaban J connectivity index is 1.43.